The molecule has 21 heavy (non-hydrogen) atoms. The maximum atomic E-state index is 12.2. The third-order valence-electron chi connectivity index (χ3n) is 2.91. The van der Waals surface area contributed by atoms with Crippen LogP contribution in [0.15, 0.2) is 42.7 Å². The number of para-hydroxylation sites is 1. The van der Waals surface area contributed by atoms with E-state index >= 15 is 0 Å². The van der Waals surface area contributed by atoms with Gasteiger partial charge in [0.05, 0.1) is 11.3 Å². The van der Waals surface area contributed by atoms with Gasteiger partial charge < -0.3 is 10.6 Å². The molecule has 2 aromatic rings. The number of hydrogen-bond donors (Lipinski definition) is 2. The summed E-state index contributed by atoms with van der Waals surface area (Å²) in [5.74, 6) is -0.0746. The lowest BCUT2D eigenvalue weighted by Crippen LogP contribution is -2.32. The van der Waals surface area contributed by atoms with Crippen LogP contribution in [0.5, 0.6) is 0 Å². The Morgan fingerprint density at radius 2 is 2.00 bits per heavy atom. The molecule has 0 spiro atoms. The SMILES string of the molecule is CCCNCCNC(=O)c1ccccc1-n1cccn1.Cl. The Hall–Kier alpha value is -1.85. The van der Waals surface area contributed by atoms with Crippen LogP contribution in [-0.2, 0) is 0 Å². The van der Waals surface area contributed by atoms with Crippen LogP contribution in [0.3, 0.4) is 0 Å². The molecule has 2 rings (SSSR count). The van der Waals surface area contributed by atoms with E-state index in [4.69, 9.17) is 0 Å². The van der Waals surface area contributed by atoms with Crippen molar-refractivity contribution in [1.82, 2.24) is 20.4 Å². The number of rotatable bonds is 7. The number of benzene rings is 1. The summed E-state index contributed by atoms with van der Waals surface area (Å²) in [6.07, 6.45) is 4.62. The van der Waals surface area contributed by atoms with E-state index in [9.17, 15) is 4.79 Å². The summed E-state index contributed by atoms with van der Waals surface area (Å²) >= 11 is 0. The molecule has 0 aliphatic heterocycles. The van der Waals surface area contributed by atoms with Crippen molar-refractivity contribution in [2.75, 3.05) is 19.6 Å². The number of nitrogens with zero attached hydrogens (tertiary/aromatic N) is 2. The zero-order chi connectivity index (χ0) is 14.2. The second kappa shape index (κ2) is 9.15. The molecule has 0 radical (unpaired) electrons. The van der Waals surface area contributed by atoms with Gasteiger partial charge >= 0.3 is 0 Å². The summed E-state index contributed by atoms with van der Waals surface area (Å²) in [7, 11) is 0. The van der Waals surface area contributed by atoms with Crippen molar-refractivity contribution in [3.8, 4) is 5.69 Å². The van der Waals surface area contributed by atoms with Gasteiger partial charge in [0.2, 0.25) is 0 Å². The molecule has 0 bridgehead atoms. The second-order valence-corrected chi connectivity index (χ2v) is 4.47. The van der Waals surface area contributed by atoms with Gasteiger partial charge in [-0.05, 0) is 31.2 Å². The minimum atomic E-state index is -0.0746. The molecule has 1 heterocycles. The Bertz CT molecular complexity index is 542. The molecule has 1 amide bonds. The van der Waals surface area contributed by atoms with E-state index in [0.717, 1.165) is 25.2 Å². The maximum Gasteiger partial charge on any atom is 0.253 e. The van der Waals surface area contributed by atoms with Gasteiger partial charge in [0.15, 0.2) is 0 Å². The van der Waals surface area contributed by atoms with Crippen LogP contribution in [0.25, 0.3) is 5.69 Å². The van der Waals surface area contributed by atoms with E-state index in [2.05, 4.69) is 22.7 Å². The molecular weight excluding hydrogens is 288 g/mol. The Morgan fingerprint density at radius 1 is 1.19 bits per heavy atom. The molecule has 0 unspecified atom stereocenters. The molecule has 114 valence electrons. The molecule has 0 fully saturated rings. The molecule has 2 N–H and O–H groups in total. The molecule has 0 aliphatic carbocycles. The first kappa shape index (κ1) is 17.2. The maximum absolute atomic E-state index is 12.2. The largest absolute Gasteiger partial charge is 0.351 e. The van der Waals surface area contributed by atoms with Gasteiger partial charge in [-0.25, -0.2) is 4.68 Å². The minimum absolute atomic E-state index is 0. The minimum Gasteiger partial charge on any atom is -0.351 e. The zero-order valence-electron chi connectivity index (χ0n) is 12.1. The Labute approximate surface area is 131 Å². The van der Waals surface area contributed by atoms with Crippen molar-refractivity contribution in [3.05, 3.63) is 48.3 Å². The van der Waals surface area contributed by atoms with Crippen LogP contribution in [0.2, 0.25) is 0 Å². The van der Waals surface area contributed by atoms with E-state index in [-0.39, 0.29) is 18.3 Å². The van der Waals surface area contributed by atoms with Gasteiger partial charge in [-0.15, -0.1) is 12.4 Å². The number of aromatic nitrogens is 2. The molecule has 5 nitrogen and oxygen atoms in total. The first-order chi connectivity index (χ1) is 9.83. The number of amides is 1. The molecule has 0 aliphatic rings. The standard InChI is InChI=1S/C15H20N4O.ClH/c1-2-8-16-10-11-17-15(20)13-6-3-4-7-14(13)19-12-5-9-18-19;/h3-7,9,12,16H,2,8,10-11H2,1H3,(H,17,20);1H. The molecule has 0 atom stereocenters. The lowest BCUT2D eigenvalue weighted by molar-refractivity contribution is 0.0954. The summed E-state index contributed by atoms with van der Waals surface area (Å²) in [5.41, 5.74) is 1.42. The van der Waals surface area contributed by atoms with Crippen molar-refractivity contribution in [1.29, 1.82) is 0 Å². The molecule has 1 aromatic heterocycles. The van der Waals surface area contributed by atoms with E-state index in [1.165, 1.54) is 0 Å². The van der Waals surface area contributed by atoms with Gasteiger partial charge in [-0.1, -0.05) is 19.1 Å². The molecule has 6 heteroatoms. The average molecular weight is 309 g/mol. The zero-order valence-corrected chi connectivity index (χ0v) is 12.9. The van der Waals surface area contributed by atoms with Gasteiger partial charge in [-0.2, -0.15) is 5.10 Å². The Morgan fingerprint density at radius 3 is 2.71 bits per heavy atom. The average Bonchev–Trinajstić information content (AvgIpc) is 3.01. The van der Waals surface area contributed by atoms with Crippen LogP contribution in [0.1, 0.15) is 23.7 Å². The molecular formula is C15H21ClN4O. The topological polar surface area (TPSA) is 58.9 Å². The molecule has 0 saturated heterocycles. The highest BCUT2D eigenvalue weighted by atomic mass is 35.5. The van der Waals surface area contributed by atoms with Crippen LogP contribution in [-0.4, -0.2) is 35.3 Å². The Balaban J connectivity index is 0.00000220. The fourth-order valence-electron chi connectivity index (χ4n) is 1.94. The van der Waals surface area contributed by atoms with E-state index < -0.39 is 0 Å². The lowest BCUT2D eigenvalue weighted by Gasteiger charge is -2.10. The highest BCUT2D eigenvalue weighted by molar-refractivity contribution is 5.97. The highest BCUT2D eigenvalue weighted by Crippen LogP contribution is 2.12. The first-order valence-corrected chi connectivity index (χ1v) is 6.91. The number of carbonyl (C=O) groups is 1. The summed E-state index contributed by atoms with van der Waals surface area (Å²) in [6.45, 7) is 4.49. The third kappa shape index (κ3) is 4.88. The predicted octanol–water partition coefficient (Wildman–Crippen LogP) is 2.02. The molecule has 1 aromatic carbocycles. The van der Waals surface area contributed by atoms with Crippen molar-refractivity contribution in [2.45, 2.75) is 13.3 Å². The van der Waals surface area contributed by atoms with E-state index in [0.29, 0.717) is 12.1 Å². The summed E-state index contributed by atoms with van der Waals surface area (Å²) in [4.78, 5) is 12.2. The summed E-state index contributed by atoms with van der Waals surface area (Å²) < 4.78 is 1.70. The normalized spacial score (nSPS) is 9.95. The van der Waals surface area contributed by atoms with E-state index in [1.807, 2.05) is 36.5 Å². The van der Waals surface area contributed by atoms with Crippen molar-refractivity contribution in [3.63, 3.8) is 0 Å². The number of halogens is 1. The summed E-state index contributed by atoms with van der Waals surface area (Å²) in [6, 6.07) is 9.29. The number of nitrogens with one attached hydrogen (secondary N) is 2. The first-order valence-electron chi connectivity index (χ1n) is 6.91. The second-order valence-electron chi connectivity index (χ2n) is 4.47. The number of hydrogen-bond acceptors (Lipinski definition) is 3. The fourth-order valence-corrected chi connectivity index (χ4v) is 1.94. The lowest BCUT2D eigenvalue weighted by atomic mass is 10.1. The van der Waals surface area contributed by atoms with Crippen LogP contribution < -0.4 is 10.6 Å². The number of carbonyl (C=O) groups excluding carboxylic acids is 1. The van der Waals surface area contributed by atoms with Crippen LogP contribution in [0.4, 0.5) is 0 Å². The summed E-state index contributed by atoms with van der Waals surface area (Å²) in [5, 5.41) is 10.3. The Kier molecular flexibility index (Phi) is 7.50. The quantitative estimate of drug-likeness (QED) is 0.769. The van der Waals surface area contributed by atoms with Gasteiger partial charge in [0.25, 0.3) is 5.91 Å². The van der Waals surface area contributed by atoms with Crippen LogP contribution >= 0.6 is 12.4 Å². The van der Waals surface area contributed by atoms with Crippen molar-refractivity contribution in [2.24, 2.45) is 0 Å². The molecule has 0 saturated carbocycles. The smallest absolute Gasteiger partial charge is 0.253 e. The van der Waals surface area contributed by atoms with E-state index in [1.54, 1.807) is 10.9 Å². The van der Waals surface area contributed by atoms with Crippen molar-refractivity contribution >= 4 is 18.3 Å². The van der Waals surface area contributed by atoms with Crippen LogP contribution in [0, 0.1) is 0 Å². The fraction of sp³-hybridized carbons (Fsp3) is 0.333. The van der Waals surface area contributed by atoms with Gasteiger partial charge in [0.1, 0.15) is 0 Å². The monoisotopic (exact) mass is 308 g/mol. The van der Waals surface area contributed by atoms with Gasteiger partial charge in [0, 0.05) is 25.5 Å². The van der Waals surface area contributed by atoms with Gasteiger partial charge in [-0.3, -0.25) is 4.79 Å². The highest BCUT2D eigenvalue weighted by Gasteiger charge is 2.11. The predicted molar refractivity (Wildman–Crippen MR) is 86.3 cm³/mol. The third-order valence-corrected chi connectivity index (χ3v) is 2.91. The van der Waals surface area contributed by atoms with Crippen molar-refractivity contribution < 1.29 is 4.79 Å².